The minimum Gasteiger partial charge on any atom is -0.400 e. The number of hydrogen-bond donors (Lipinski definition) is 4. The number of rotatable bonds is 0. The first-order valence-corrected chi connectivity index (χ1v) is 3.74. The molecule has 0 heterocycles. The van der Waals surface area contributed by atoms with Gasteiger partial charge in [-0.1, -0.05) is 0 Å². The van der Waals surface area contributed by atoms with Crippen molar-refractivity contribution in [3.8, 4) is 0 Å². The van der Waals surface area contributed by atoms with Gasteiger partial charge >= 0.3 is 0 Å². The molecule has 66 valence electrons. The van der Waals surface area contributed by atoms with Crippen molar-refractivity contribution >= 4 is 5.71 Å². The average Bonchev–Trinajstić information content (AvgIpc) is 2.08. The van der Waals surface area contributed by atoms with E-state index in [4.69, 9.17) is 22.6 Å². The Bertz CT molecular complexity index is 270. The van der Waals surface area contributed by atoms with Gasteiger partial charge in [-0.2, -0.15) is 0 Å². The zero-order chi connectivity index (χ0) is 9.46. The second-order valence-electron chi connectivity index (χ2n) is 3.03. The summed E-state index contributed by atoms with van der Waals surface area (Å²) < 4.78 is 0. The van der Waals surface area contributed by atoms with Crippen LogP contribution in [-0.2, 0) is 0 Å². The van der Waals surface area contributed by atoms with Gasteiger partial charge in [-0.25, -0.2) is 0 Å². The molecular formula is C8H14N4. The summed E-state index contributed by atoms with van der Waals surface area (Å²) in [6.07, 6.45) is 0. The maximum atomic E-state index is 7.58. The fourth-order valence-corrected chi connectivity index (χ4v) is 1.18. The van der Waals surface area contributed by atoms with Crippen molar-refractivity contribution in [2.45, 2.75) is 19.9 Å². The van der Waals surface area contributed by atoms with E-state index >= 15 is 0 Å². The van der Waals surface area contributed by atoms with Crippen LogP contribution in [0.5, 0.6) is 0 Å². The van der Waals surface area contributed by atoms with Crippen molar-refractivity contribution in [3.63, 3.8) is 0 Å². The number of hydrogen-bond acceptors (Lipinski definition) is 4. The molecule has 0 aromatic rings. The minimum atomic E-state index is -0.320. The Labute approximate surface area is 71.6 Å². The maximum absolute atomic E-state index is 7.58. The van der Waals surface area contributed by atoms with Gasteiger partial charge < -0.3 is 17.2 Å². The maximum Gasteiger partial charge on any atom is 0.0816 e. The van der Waals surface area contributed by atoms with Gasteiger partial charge in [0.1, 0.15) is 0 Å². The first-order valence-electron chi connectivity index (χ1n) is 3.74. The van der Waals surface area contributed by atoms with Gasteiger partial charge in [0.25, 0.3) is 0 Å². The second-order valence-corrected chi connectivity index (χ2v) is 3.03. The van der Waals surface area contributed by atoms with Gasteiger partial charge in [-0.05, 0) is 25.0 Å². The highest BCUT2D eigenvalue weighted by atomic mass is 14.8. The van der Waals surface area contributed by atoms with Crippen molar-refractivity contribution in [3.05, 3.63) is 22.5 Å². The summed E-state index contributed by atoms with van der Waals surface area (Å²) in [5.41, 5.74) is 19.9. The molecule has 1 rings (SSSR count). The molecule has 1 aliphatic carbocycles. The van der Waals surface area contributed by atoms with Gasteiger partial charge in [0.05, 0.1) is 17.5 Å². The molecule has 1 unspecified atom stereocenters. The molecule has 4 heteroatoms. The smallest absolute Gasteiger partial charge is 0.0816 e. The summed E-state index contributed by atoms with van der Waals surface area (Å²) >= 11 is 0. The van der Waals surface area contributed by atoms with E-state index in [0.717, 1.165) is 5.57 Å². The summed E-state index contributed by atoms with van der Waals surface area (Å²) in [6, 6.07) is -0.320. The summed E-state index contributed by atoms with van der Waals surface area (Å²) in [5.74, 6) is 0. The molecule has 0 amide bonds. The first-order chi connectivity index (χ1) is 5.46. The number of nitrogens with two attached hydrogens (primary N) is 3. The van der Waals surface area contributed by atoms with E-state index in [0.29, 0.717) is 22.7 Å². The minimum absolute atomic E-state index is 0.298. The molecule has 1 atom stereocenters. The molecule has 0 fully saturated rings. The first kappa shape index (κ1) is 8.80. The molecule has 0 bridgehead atoms. The van der Waals surface area contributed by atoms with Crippen LogP contribution in [0.3, 0.4) is 0 Å². The molecule has 7 N–H and O–H groups in total. The summed E-state index contributed by atoms with van der Waals surface area (Å²) in [6.45, 7) is 3.56. The van der Waals surface area contributed by atoms with Crippen molar-refractivity contribution < 1.29 is 0 Å². The fourth-order valence-electron chi connectivity index (χ4n) is 1.18. The van der Waals surface area contributed by atoms with Gasteiger partial charge in [-0.3, -0.25) is 5.41 Å². The van der Waals surface area contributed by atoms with Crippen LogP contribution in [0.15, 0.2) is 22.5 Å². The Kier molecular flexibility index (Phi) is 1.94. The molecule has 0 saturated carbocycles. The van der Waals surface area contributed by atoms with Gasteiger partial charge in [0, 0.05) is 5.70 Å². The van der Waals surface area contributed by atoms with Crippen LogP contribution >= 0.6 is 0 Å². The lowest BCUT2D eigenvalue weighted by Gasteiger charge is -2.24. The Morgan fingerprint density at radius 1 is 1.25 bits per heavy atom. The third-order valence-corrected chi connectivity index (χ3v) is 2.30. The van der Waals surface area contributed by atoms with Gasteiger partial charge in [-0.15, -0.1) is 0 Å². The molecule has 0 aromatic heterocycles. The van der Waals surface area contributed by atoms with Gasteiger partial charge in [0.2, 0.25) is 0 Å². The van der Waals surface area contributed by atoms with E-state index in [9.17, 15) is 0 Å². The standard InChI is InChI=1S/C8H14N4/c1-3-5(9)7(11)4(2)8(12)6(3)10/h5,12H,9-11H2,1-2H3. The highest BCUT2D eigenvalue weighted by molar-refractivity contribution is 6.11. The molecule has 0 radical (unpaired) electrons. The Morgan fingerprint density at radius 2 is 1.75 bits per heavy atom. The fraction of sp³-hybridized carbons (Fsp3) is 0.375. The molecule has 0 aromatic carbocycles. The molecule has 12 heavy (non-hydrogen) atoms. The Hall–Kier alpha value is -1.29. The normalized spacial score (nSPS) is 25.2. The predicted molar refractivity (Wildman–Crippen MR) is 49.5 cm³/mol. The Balaban J connectivity index is 3.22. The number of allylic oxidation sites excluding steroid dienone is 1. The van der Waals surface area contributed by atoms with Crippen LogP contribution in [0.4, 0.5) is 0 Å². The lowest BCUT2D eigenvalue weighted by atomic mass is 9.90. The lowest BCUT2D eigenvalue weighted by molar-refractivity contribution is 0.840. The van der Waals surface area contributed by atoms with Crippen LogP contribution in [0, 0.1) is 5.41 Å². The summed E-state index contributed by atoms with van der Waals surface area (Å²) in [7, 11) is 0. The number of nitrogens with one attached hydrogen (secondary N) is 1. The Morgan fingerprint density at radius 3 is 2.25 bits per heavy atom. The zero-order valence-electron chi connectivity index (χ0n) is 7.31. The van der Waals surface area contributed by atoms with Crippen LogP contribution in [0.25, 0.3) is 0 Å². The quantitative estimate of drug-likeness (QED) is 0.401. The van der Waals surface area contributed by atoms with Crippen molar-refractivity contribution in [1.29, 1.82) is 5.41 Å². The third-order valence-electron chi connectivity index (χ3n) is 2.30. The summed E-state index contributed by atoms with van der Waals surface area (Å²) in [5, 5.41) is 7.58. The van der Waals surface area contributed by atoms with Crippen molar-refractivity contribution in [2.24, 2.45) is 17.2 Å². The third kappa shape index (κ3) is 1.00. The van der Waals surface area contributed by atoms with Crippen LogP contribution in [0.2, 0.25) is 0 Å². The molecule has 4 nitrogen and oxygen atoms in total. The van der Waals surface area contributed by atoms with E-state index in [1.807, 2.05) is 0 Å². The van der Waals surface area contributed by atoms with E-state index in [1.54, 1.807) is 13.8 Å². The lowest BCUT2D eigenvalue weighted by Crippen LogP contribution is -2.37. The van der Waals surface area contributed by atoms with Gasteiger partial charge in [0.15, 0.2) is 0 Å². The van der Waals surface area contributed by atoms with Crippen LogP contribution in [0.1, 0.15) is 13.8 Å². The van der Waals surface area contributed by atoms with Crippen molar-refractivity contribution in [2.75, 3.05) is 0 Å². The monoisotopic (exact) mass is 166 g/mol. The second kappa shape index (κ2) is 2.64. The largest absolute Gasteiger partial charge is 0.400 e. The molecule has 0 aliphatic heterocycles. The van der Waals surface area contributed by atoms with E-state index in [2.05, 4.69) is 0 Å². The molecular weight excluding hydrogens is 152 g/mol. The van der Waals surface area contributed by atoms with E-state index in [1.165, 1.54) is 0 Å². The topological polar surface area (TPSA) is 102 Å². The SMILES string of the molecule is CC1=C(N)C(N)C(C)=C(N)C1=N. The molecule has 1 aliphatic rings. The van der Waals surface area contributed by atoms with E-state index < -0.39 is 0 Å². The predicted octanol–water partition coefficient (Wildman–Crippen LogP) is -0.188. The van der Waals surface area contributed by atoms with Crippen molar-refractivity contribution in [1.82, 2.24) is 0 Å². The summed E-state index contributed by atoms with van der Waals surface area (Å²) in [4.78, 5) is 0. The highest BCUT2D eigenvalue weighted by Crippen LogP contribution is 2.20. The average molecular weight is 166 g/mol. The molecule has 0 spiro atoms. The zero-order valence-corrected chi connectivity index (χ0v) is 7.31. The van der Waals surface area contributed by atoms with Crippen LogP contribution in [-0.4, -0.2) is 11.8 Å². The van der Waals surface area contributed by atoms with Crippen LogP contribution < -0.4 is 17.2 Å². The highest BCUT2D eigenvalue weighted by Gasteiger charge is 2.23. The molecule has 0 saturated heterocycles. The van der Waals surface area contributed by atoms with E-state index in [-0.39, 0.29) is 6.04 Å².